The third-order valence-electron chi connectivity index (χ3n) is 2.67. The number of nitrogens with one attached hydrogen (secondary N) is 1. The normalized spacial score (nSPS) is 10.0. The number of carbonyl (C=O) groups is 1. The van der Waals surface area contributed by atoms with Crippen LogP contribution in [0, 0.1) is 11.8 Å². The van der Waals surface area contributed by atoms with Gasteiger partial charge in [-0.2, -0.15) is 0 Å². The highest BCUT2D eigenvalue weighted by atomic mass is 16.1. The van der Waals surface area contributed by atoms with Crippen molar-refractivity contribution in [3.05, 3.63) is 29.6 Å². The molecule has 0 aliphatic heterocycles. The molecule has 0 saturated heterocycles. The summed E-state index contributed by atoms with van der Waals surface area (Å²) >= 11 is 0. The third-order valence-corrected chi connectivity index (χ3v) is 2.67. The third kappa shape index (κ3) is 5.83. The second-order valence-electron chi connectivity index (χ2n) is 4.67. The van der Waals surface area contributed by atoms with Crippen molar-refractivity contribution >= 4 is 5.91 Å². The minimum Gasteiger partial charge on any atom is -0.351 e. The number of hydrogen-bond acceptors (Lipinski definition) is 4. The molecule has 1 amide bonds. The van der Waals surface area contributed by atoms with E-state index in [0.717, 1.165) is 19.4 Å². The summed E-state index contributed by atoms with van der Waals surface area (Å²) in [7, 11) is 4.07. The monoisotopic (exact) mass is 274 g/mol. The van der Waals surface area contributed by atoms with E-state index >= 15 is 0 Å². The van der Waals surface area contributed by atoms with Gasteiger partial charge in [0.1, 0.15) is 5.69 Å². The first-order chi connectivity index (χ1) is 9.65. The number of pyridine rings is 1. The molecule has 0 aliphatic rings. The fourth-order valence-corrected chi connectivity index (χ4v) is 1.67. The van der Waals surface area contributed by atoms with E-state index in [-0.39, 0.29) is 12.5 Å². The lowest BCUT2D eigenvalue weighted by Gasteiger charge is -2.09. The quantitative estimate of drug-likeness (QED) is 0.584. The Morgan fingerprint density at radius 2 is 2.25 bits per heavy atom. The molecule has 0 aliphatic carbocycles. The standard InChI is InChI=1S/C15H22N4O/c1-19(2)12-4-3-10-18-15(20)14-13(7-5-9-16)8-6-11-17-14/h6,8,11H,3-4,9-10,12,16H2,1-2H3,(H,18,20). The summed E-state index contributed by atoms with van der Waals surface area (Å²) in [4.78, 5) is 18.3. The van der Waals surface area contributed by atoms with E-state index in [9.17, 15) is 4.79 Å². The van der Waals surface area contributed by atoms with Crippen LogP contribution in [0.15, 0.2) is 18.3 Å². The highest BCUT2D eigenvalue weighted by Crippen LogP contribution is 2.03. The minimum atomic E-state index is -0.184. The second-order valence-corrected chi connectivity index (χ2v) is 4.67. The van der Waals surface area contributed by atoms with Gasteiger partial charge in [-0.05, 0) is 45.6 Å². The second kappa shape index (κ2) is 9.08. The first-order valence-electron chi connectivity index (χ1n) is 6.72. The van der Waals surface area contributed by atoms with Gasteiger partial charge in [-0.25, -0.2) is 4.98 Å². The molecule has 1 heterocycles. The van der Waals surface area contributed by atoms with Crippen molar-refractivity contribution in [2.24, 2.45) is 5.73 Å². The zero-order valence-electron chi connectivity index (χ0n) is 12.1. The Kier molecular flexibility index (Phi) is 7.33. The van der Waals surface area contributed by atoms with Crippen LogP contribution in [0.1, 0.15) is 28.9 Å². The molecule has 1 aromatic heterocycles. The van der Waals surface area contributed by atoms with Gasteiger partial charge in [-0.3, -0.25) is 4.79 Å². The van der Waals surface area contributed by atoms with Crippen LogP contribution in [0.25, 0.3) is 0 Å². The molecule has 0 saturated carbocycles. The summed E-state index contributed by atoms with van der Waals surface area (Å²) in [6, 6.07) is 3.53. The van der Waals surface area contributed by atoms with Gasteiger partial charge in [-0.1, -0.05) is 11.8 Å². The topological polar surface area (TPSA) is 71.2 Å². The van der Waals surface area contributed by atoms with Gasteiger partial charge in [0.15, 0.2) is 0 Å². The summed E-state index contributed by atoms with van der Waals surface area (Å²) in [5.74, 6) is 5.42. The first-order valence-corrected chi connectivity index (χ1v) is 6.72. The van der Waals surface area contributed by atoms with Crippen LogP contribution < -0.4 is 11.1 Å². The fourth-order valence-electron chi connectivity index (χ4n) is 1.67. The van der Waals surface area contributed by atoms with Gasteiger partial charge in [0.25, 0.3) is 5.91 Å². The molecule has 5 heteroatoms. The zero-order valence-corrected chi connectivity index (χ0v) is 12.1. The Morgan fingerprint density at radius 3 is 2.95 bits per heavy atom. The van der Waals surface area contributed by atoms with Gasteiger partial charge >= 0.3 is 0 Å². The van der Waals surface area contributed by atoms with Crippen LogP contribution in [0.3, 0.4) is 0 Å². The van der Waals surface area contributed by atoms with Crippen LogP contribution >= 0.6 is 0 Å². The van der Waals surface area contributed by atoms with E-state index in [1.165, 1.54) is 0 Å². The molecule has 1 rings (SSSR count). The van der Waals surface area contributed by atoms with Gasteiger partial charge in [0.05, 0.1) is 12.1 Å². The lowest BCUT2D eigenvalue weighted by Crippen LogP contribution is -2.27. The minimum absolute atomic E-state index is 0.184. The number of unbranched alkanes of at least 4 members (excludes halogenated alkanes) is 1. The fraction of sp³-hybridized carbons (Fsp3) is 0.467. The number of amides is 1. The Labute approximate surface area is 120 Å². The Hall–Kier alpha value is -1.90. The largest absolute Gasteiger partial charge is 0.351 e. The maximum Gasteiger partial charge on any atom is 0.271 e. The van der Waals surface area contributed by atoms with E-state index in [0.29, 0.717) is 17.8 Å². The molecule has 0 spiro atoms. The predicted molar refractivity (Wildman–Crippen MR) is 80.3 cm³/mol. The molecular weight excluding hydrogens is 252 g/mol. The molecular formula is C15H22N4O. The van der Waals surface area contributed by atoms with E-state index in [1.807, 2.05) is 14.1 Å². The number of nitrogens with zero attached hydrogens (tertiary/aromatic N) is 2. The summed E-state index contributed by atoms with van der Waals surface area (Å²) < 4.78 is 0. The molecule has 20 heavy (non-hydrogen) atoms. The Balaban J connectivity index is 2.51. The van der Waals surface area contributed by atoms with E-state index < -0.39 is 0 Å². The van der Waals surface area contributed by atoms with Crippen LogP contribution in [-0.4, -0.2) is 49.5 Å². The van der Waals surface area contributed by atoms with Crippen molar-refractivity contribution in [3.63, 3.8) is 0 Å². The number of aromatic nitrogens is 1. The molecule has 0 unspecified atom stereocenters. The van der Waals surface area contributed by atoms with Crippen molar-refractivity contribution in [1.82, 2.24) is 15.2 Å². The molecule has 0 radical (unpaired) electrons. The number of carbonyl (C=O) groups excluding carboxylic acids is 1. The van der Waals surface area contributed by atoms with Crippen molar-refractivity contribution in [3.8, 4) is 11.8 Å². The summed E-state index contributed by atoms with van der Waals surface area (Å²) in [5, 5.41) is 2.87. The van der Waals surface area contributed by atoms with Crippen LogP contribution in [0.5, 0.6) is 0 Å². The number of hydrogen-bond donors (Lipinski definition) is 2. The lowest BCUT2D eigenvalue weighted by molar-refractivity contribution is 0.0947. The SMILES string of the molecule is CN(C)CCCCNC(=O)c1ncccc1C#CCN. The Morgan fingerprint density at radius 1 is 1.45 bits per heavy atom. The summed E-state index contributed by atoms with van der Waals surface area (Å²) in [6.45, 7) is 1.93. The number of rotatable bonds is 6. The average Bonchev–Trinajstić information content (AvgIpc) is 2.44. The molecule has 5 nitrogen and oxygen atoms in total. The van der Waals surface area contributed by atoms with Crippen molar-refractivity contribution in [2.45, 2.75) is 12.8 Å². The van der Waals surface area contributed by atoms with Crippen LogP contribution in [-0.2, 0) is 0 Å². The van der Waals surface area contributed by atoms with Crippen molar-refractivity contribution in [2.75, 3.05) is 33.7 Å². The lowest BCUT2D eigenvalue weighted by atomic mass is 10.2. The van der Waals surface area contributed by atoms with Gasteiger partial charge in [0.2, 0.25) is 0 Å². The van der Waals surface area contributed by atoms with Gasteiger partial charge < -0.3 is 16.0 Å². The van der Waals surface area contributed by atoms with Crippen molar-refractivity contribution in [1.29, 1.82) is 0 Å². The Bertz CT molecular complexity index is 488. The zero-order chi connectivity index (χ0) is 14.8. The maximum atomic E-state index is 12.0. The molecule has 0 aromatic carbocycles. The highest BCUT2D eigenvalue weighted by molar-refractivity contribution is 5.94. The molecule has 0 fully saturated rings. The van der Waals surface area contributed by atoms with E-state index in [1.54, 1.807) is 18.3 Å². The molecule has 108 valence electrons. The molecule has 0 bridgehead atoms. The summed E-state index contributed by atoms with van der Waals surface area (Å²) in [5.41, 5.74) is 6.32. The molecule has 1 aromatic rings. The van der Waals surface area contributed by atoms with Crippen LogP contribution in [0.2, 0.25) is 0 Å². The van der Waals surface area contributed by atoms with Crippen molar-refractivity contribution < 1.29 is 4.79 Å². The predicted octanol–water partition coefficient (Wildman–Crippen LogP) is 0.463. The van der Waals surface area contributed by atoms with E-state index in [2.05, 4.69) is 27.0 Å². The van der Waals surface area contributed by atoms with Crippen LogP contribution in [0.4, 0.5) is 0 Å². The smallest absolute Gasteiger partial charge is 0.271 e. The molecule has 0 atom stereocenters. The first kappa shape index (κ1) is 16.2. The highest BCUT2D eigenvalue weighted by Gasteiger charge is 2.10. The van der Waals surface area contributed by atoms with E-state index in [4.69, 9.17) is 5.73 Å². The van der Waals surface area contributed by atoms with Gasteiger partial charge in [0, 0.05) is 12.7 Å². The van der Waals surface area contributed by atoms with Gasteiger partial charge in [-0.15, -0.1) is 0 Å². The molecule has 3 N–H and O–H groups in total. The number of nitrogens with two attached hydrogens (primary N) is 1. The maximum absolute atomic E-state index is 12.0. The average molecular weight is 274 g/mol. The summed E-state index contributed by atoms with van der Waals surface area (Å²) in [6.07, 6.45) is 3.59.